The third-order valence-electron chi connectivity index (χ3n) is 3.66. The zero-order valence-electron chi connectivity index (χ0n) is 12.9. The summed E-state index contributed by atoms with van der Waals surface area (Å²) in [5, 5.41) is 0.658. The van der Waals surface area contributed by atoms with Gasteiger partial charge in [-0.1, -0.05) is 20.8 Å². The van der Waals surface area contributed by atoms with Crippen LogP contribution in [0, 0.1) is 0 Å². The normalized spacial score (nSPS) is 24.4. The standard InChI is InChI=1S/C14H25N3O2S2/c1-4-5-16-10-14(6-13(16)7-15)21(18,19)17-8-11(2)20-12(3)9-17/h6,10-12H,4-5,7-9,15H2,1-3H3. The van der Waals surface area contributed by atoms with Crippen LogP contribution in [0.1, 0.15) is 32.9 Å². The molecule has 7 heteroatoms. The van der Waals surface area contributed by atoms with E-state index in [2.05, 4.69) is 20.8 Å². The van der Waals surface area contributed by atoms with E-state index in [4.69, 9.17) is 5.73 Å². The topological polar surface area (TPSA) is 68.3 Å². The highest BCUT2D eigenvalue weighted by Crippen LogP contribution is 2.29. The molecule has 21 heavy (non-hydrogen) atoms. The van der Waals surface area contributed by atoms with Crippen molar-refractivity contribution < 1.29 is 8.42 Å². The van der Waals surface area contributed by atoms with E-state index in [0.717, 1.165) is 18.7 Å². The zero-order chi connectivity index (χ0) is 15.6. The van der Waals surface area contributed by atoms with Crippen molar-refractivity contribution in [2.45, 2.75) is 55.7 Å². The van der Waals surface area contributed by atoms with Crippen LogP contribution in [0.15, 0.2) is 17.2 Å². The molecular weight excluding hydrogens is 306 g/mol. The highest BCUT2D eigenvalue weighted by Gasteiger charge is 2.32. The molecule has 0 amide bonds. The van der Waals surface area contributed by atoms with Gasteiger partial charge in [0.1, 0.15) is 4.90 Å². The summed E-state index contributed by atoms with van der Waals surface area (Å²) in [6, 6.07) is 1.72. The van der Waals surface area contributed by atoms with E-state index in [-0.39, 0.29) is 0 Å². The molecule has 2 heterocycles. The van der Waals surface area contributed by atoms with Gasteiger partial charge >= 0.3 is 0 Å². The van der Waals surface area contributed by atoms with Crippen molar-refractivity contribution in [2.24, 2.45) is 5.73 Å². The minimum Gasteiger partial charge on any atom is -0.349 e. The first kappa shape index (κ1) is 16.9. The zero-order valence-corrected chi connectivity index (χ0v) is 14.6. The average molecular weight is 332 g/mol. The second-order valence-electron chi connectivity index (χ2n) is 5.64. The molecule has 0 aliphatic carbocycles. The molecule has 2 atom stereocenters. The maximum absolute atomic E-state index is 12.8. The van der Waals surface area contributed by atoms with Gasteiger partial charge in [0.2, 0.25) is 10.0 Å². The fourth-order valence-electron chi connectivity index (χ4n) is 2.76. The van der Waals surface area contributed by atoms with Gasteiger partial charge in [-0.3, -0.25) is 0 Å². The molecule has 0 saturated carbocycles. The number of hydrogen-bond donors (Lipinski definition) is 1. The highest BCUT2D eigenvalue weighted by molar-refractivity contribution is 8.00. The van der Waals surface area contributed by atoms with Gasteiger partial charge in [0.05, 0.1) is 0 Å². The van der Waals surface area contributed by atoms with Gasteiger partial charge in [-0.25, -0.2) is 8.42 Å². The molecule has 1 fully saturated rings. The molecule has 2 unspecified atom stereocenters. The minimum atomic E-state index is -3.41. The number of hydrogen-bond acceptors (Lipinski definition) is 4. The minimum absolute atomic E-state index is 0.329. The summed E-state index contributed by atoms with van der Waals surface area (Å²) in [7, 11) is -3.41. The fourth-order valence-corrected chi connectivity index (χ4v) is 5.96. The van der Waals surface area contributed by atoms with Crippen LogP contribution in [-0.4, -0.2) is 40.9 Å². The third kappa shape index (κ3) is 3.64. The van der Waals surface area contributed by atoms with Crippen LogP contribution < -0.4 is 5.73 Å². The van der Waals surface area contributed by atoms with Crippen molar-refractivity contribution in [3.05, 3.63) is 18.0 Å². The van der Waals surface area contributed by atoms with Crippen LogP contribution in [0.3, 0.4) is 0 Å². The lowest BCUT2D eigenvalue weighted by Gasteiger charge is -2.33. The van der Waals surface area contributed by atoms with E-state index in [1.165, 1.54) is 0 Å². The number of sulfonamides is 1. The van der Waals surface area contributed by atoms with Gasteiger partial charge in [-0.15, -0.1) is 0 Å². The predicted octanol–water partition coefficient (Wildman–Crippen LogP) is 1.87. The smallest absolute Gasteiger partial charge is 0.244 e. The molecule has 120 valence electrons. The van der Waals surface area contributed by atoms with Gasteiger partial charge in [0, 0.05) is 48.6 Å². The summed E-state index contributed by atoms with van der Waals surface area (Å²) in [5.41, 5.74) is 6.61. The second-order valence-corrected chi connectivity index (χ2v) is 9.46. The van der Waals surface area contributed by atoms with Crippen molar-refractivity contribution in [3.63, 3.8) is 0 Å². The first-order chi connectivity index (χ1) is 9.88. The number of aryl methyl sites for hydroxylation is 1. The molecule has 1 aromatic rings. The molecule has 0 radical (unpaired) electrons. The Bertz CT molecular complexity index is 573. The summed E-state index contributed by atoms with van der Waals surface area (Å²) < 4.78 is 29.2. The van der Waals surface area contributed by atoms with Crippen molar-refractivity contribution >= 4 is 21.8 Å². The van der Waals surface area contributed by atoms with Crippen LogP contribution in [0.4, 0.5) is 0 Å². The Kier molecular flexibility index (Phi) is 5.40. The fraction of sp³-hybridized carbons (Fsp3) is 0.714. The molecule has 1 saturated heterocycles. The lowest BCUT2D eigenvalue weighted by atomic mass is 10.4. The average Bonchev–Trinajstić information content (AvgIpc) is 2.82. The predicted molar refractivity (Wildman–Crippen MR) is 87.9 cm³/mol. The van der Waals surface area contributed by atoms with E-state index in [1.54, 1.807) is 16.6 Å². The summed E-state index contributed by atoms with van der Waals surface area (Å²) in [6.45, 7) is 8.54. The van der Waals surface area contributed by atoms with Gasteiger partial charge in [-0.05, 0) is 12.5 Å². The van der Waals surface area contributed by atoms with Gasteiger partial charge in [0.15, 0.2) is 0 Å². The summed E-state index contributed by atoms with van der Waals surface area (Å²) in [6.07, 6.45) is 2.69. The molecular formula is C14H25N3O2S2. The number of nitrogens with two attached hydrogens (primary N) is 1. The van der Waals surface area contributed by atoms with Crippen LogP contribution in [0.5, 0.6) is 0 Å². The Labute approximate surface area is 131 Å². The Morgan fingerprint density at radius 1 is 1.33 bits per heavy atom. The molecule has 0 spiro atoms. The molecule has 1 aliphatic heterocycles. The first-order valence-corrected chi connectivity index (χ1v) is 9.81. The van der Waals surface area contributed by atoms with E-state index in [1.807, 2.05) is 16.3 Å². The maximum Gasteiger partial charge on any atom is 0.244 e. The first-order valence-electron chi connectivity index (χ1n) is 7.43. The summed E-state index contributed by atoms with van der Waals surface area (Å²) in [5.74, 6) is 0. The maximum atomic E-state index is 12.8. The lowest BCUT2D eigenvalue weighted by Crippen LogP contribution is -2.43. The molecule has 1 aromatic heterocycles. The molecule has 2 N–H and O–H groups in total. The highest BCUT2D eigenvalue weighted by atomic mass is 32.2. The van der Waals surface area contributed by atoms with E-state index in [0.29, 0.717) is 35.0 Å². The number of nitrogens with zero attached hydrogens (tertiary/aromatic N) is 2. The van der Waals surface area contributed by atoms with Crippen molar-refractivity contribution in [1.82, 2.24) is 8.87 Å². The van der Waals surface area contributed by atoms with Crippen molar-refractivity contribution in [3.8, 4) is 0 Å². The van der Waals surface area contributed by atoms with Crippen LogP contribution in [0.25, 0.3) is 0 Å². The van der Waals surface area contributed by atoms with Crippen molar-refractivity contribution in [1.29, 1.82) is 0 Å². The van der Waals surface area contributed by atoms with Gasteiger partial charge in [-0.2, -0.15) is 16.1 Å². The van der Waals surface area contributed by atoms with Gasteiger partial charge in [0.25, 0.3) is 0 Å². The quantitative estimate of drug-likeness (QED) is 0.894. The SMILES string of the molecule is CCCn1cc(S(=O)(=O)N2CC(C)SC(C)C2)cc1CN. The molecule has 1 aliphatic rings. The lowest BCUT2D eigenvalue weighted by molar-refractivity contribution is 0.404. The third-order valence-corrected chi connectivity index (χ3v) is 6.68. The number of thioether (sulfide) groups is 1. The summed E-state index contributed by atoms with van der Waals surface area (Å²) >= 11 is 1.85. The summed E-state index contributed by atoms with van der Waals surface area (Å²) in [4.78, 5) is 0.378. The molecule has 2 rings (SSSR count). The molecule has 0 bridgehead atoms. The van der Waals surface area contributed by atoms with Gasteiger partial charge < -0.3 is 10.3 Å². The van der Waals surface area contributed by atoms with E-state index < -0.39 is 10.0 Å². The van der Waals surface area contributed by atoms with Crippen LogP contribution in [-0.2, 0) is 23.1 Å². The Morgan fingerprint density at radius 2 is 1.95 bits per heavy atom. The van der Waals surface area contributed by atoms with Crippen molar-refractivity contribution in [2.75, 3.05) is 13.1 Å². The van der Waals surface area contributed by atoms with Crippen LogP contribution in [0.2, 0.25) is 0 Å². The Hall–Kier alpha value is -0.500. The monoisotopic (exact) mass is 331 g/mol. The largest absolute Gasteiger partial charge is 0.349 e. The Balaban J connectivity index is 2.30. The molecule has 0 aromatic carbocycles. The number of rotatable bonds is 5. The van der Waals surface area contributed by atoms with E-state index in [9.17, 15) is 8.42 Å². The Morgan fingerprint density at radius 3 is 2.48 bits per heavy atom. The molecule has 5 nitrogen and oxygen atoms in total. The second kappa shape index (κ2) is 6.73. The van der Waals surface area contributed by atoms with E-state index >= 15 is 0 Å². The van der Waals surface area contributed by atoms with Crippen LogP contribution >= 0.6 is 11.8 Å². The number of aromatic nitrogens is 1.